The smallest absolute Gasteiger partial charge is 0.143 e. The van der Waals surface area contributed by atoms with Crippen molar-refractivity contribution in [3.8, 4) is 39.1 Å². The molecule has 0 N–H and O–H groups in total. The molecule has 0 saturated carbocycles. The van der Waals surface area contributed by atoms with Crippen molar-refractivity contribution in [2.24, 2.45) is 0 Å². The molecule has 0 spiro atoms. The lowest BCUT2D eigenvalue weighted by Crippen LogP contribution is -1.93. The van der Waals surface area contributed by atoms with Crippen LogP contribution >= 0.6 is 0 Å². The van der Waals surface area contributed by atoms with Crippen molar-refractivity contribution in [1.82, 2.24) is 4.57 Å². The number of hydrogen-bond acceptors (Lipinski definition) is 2. The van der Waals surface area contributed by atoms with Crippen LogP contribution in [0.15, 0.2) is 167 Å². The summed E-state index contributed by atoms with van der Waals surface area (Å²) in [6.07, 6.45) is 0. The Morgan fingerprint density at radius 3 is 1.72 bits per heavy atom. The number of aryl methyl sites for hydroxylation is 3. The predicted molar refractivity (Wildman–Crippen MR) is 226 cm³/mol. The lowest BCUT2D eigenvalue weighted by atomic mass is 9.89. The summed E-state index contributed by atoms with van der Waals surface area (Å²) in [7, 11) is 0. The molecule has 0 bridgehead atoms. The average molecular weight is 694 g/mol. The van der Waals surface area contributed by atoms with Crippen molar-refractivity contribution in [3.05, 3.63) is 174 Å². The molecule has 3 heteroatoms. The highest BCUT2D eigenvalue weighted by Gasteiger charge is 2.20. The average Bonchev–Trinajstić information content (AvgIpc) is 3.86. The van der Waals surface area contributed by atoms with E-state index in [-0.39, 0.29) is 0 Å². The van der Waals surface area contributed by atoms with E-state index in [9.17, 15) is 0 Å². The largest absolute Gasteiger partial charge is 0.456 e. The Morgan fingerprint density at radius 2 is 0.944 bits per heavy atom. The zero-order valence-electron chi connectivity index (χ0n) is 30.3. The number of aromatic nitrogens is 1. The molecule has 3 nitrogen and oxygen atoms in total. The zero-order chi connectivity index (χ0) is 36.1. The summed E-state index contributed by atoms with van der Waals surface area (Å²) in [6.45, 7) is 6.60. The van der Waals surface area contributed by atoms with Gasteiger partial charge < -0.3 is 13.4 Å². The van der Waals surface area contributed by atoms with Gasteiger partial charge in [0.05, 0.1) is 11.0 Å². The molecule has 0 aliphatic rings. The van der Waals surface area contributed by atoms with Gasteiger partial charge in [-0.3, -0.25) is 0 Å². The summed E-state index contributed by atoms with van der Waals surface area (Å²) in [6, 6.07) is 56.9. The summed E-state index contributed by atoms with van der Waals surface area (Å²) in [5.74, 6) is 0. The quantitative estimate of drug-likeness (QED) is 0.184. The van der Waals surface area contributed by atoms with Gasteiger partial charge in [0.15, 0.2) is 0 Å². The summed E-state index contributed by atoms with van der Waals surface area (Å²) >= 11 is 0. The van der Waals surface area contributed by atoms with E-state index in [0.717, 1.165) is 71.8 Å². The Labute approximate surface area is 312 Å². The van der Waals surface area contributed by atoms with Gasteiger partial charge in [-0.2, -0.15) is 0 Å². The summed E-state index contributed by atoms with van der Waals surface area (Å²) in [4.78, 5) is 0. The van der Waals surface area contributed by atoms with E-state index in [1.54, 1.807) is 0 Å². The summed E-state index contributed by atoms with van der Waals surface area (Å²) in [5.41, 5.74) is 17.9. The number of hydrogen-bond donors (Lipinski definition) is 0. The normalized spacial score (nSPS) is 12.0. The SMILES string of the molecule is Cc1cc(C)c(-c2cc(-c3ccc4c(c3)c3ccccc3n4-c3ccccc3)cc3c2oc2ccc(-c4ccc5oc6ccccc6c5c4)cc23)c(C)c1. The molecule has 54 heavy (non-hydrogen) atoms. The van der Waals surface area contributed by atoms with Crippen LogP contribution in [0, 0.1) is 20.8 Å². The van der Waals surface area contributed by atoms with E-state index in [1.807, 2.05) is 12.1 Å². The minimum Gasteiger partial charge on any atom is -0.456 e. The third kappa shape index (κ3) is 4.61. The fraction of sp³-hybridized carbons (Fsp3) is 0.0588. The summed E-state index contributed by atoms with van der Waals surface area (Å²) < 4.78 is 15.4. The molecule has 11 aromatic rings. The summed E-state index contributed by atoms with van der Waals surface area (Å²) in [5, 5.41) is 6.95. The molecule has 11 rings (SSSR count). The van der Waals surface area contributed by atoms with Crippen LogP contribution in [-0.2, 0) is 0 Å². The van der Waals surface area contributed by atoms with Crippen molar-refractivity contribution in [3.63, 3.8) is 0 Å². The topological polar surface area (TPSA) is 31.2 Å². The fourth-order valence-electron chi connectivity index (χ4n) is 8.93. The molecular weight excluding hydrogens is 659 g/mol. The third-order valence-corrected chi connectivity index (χ3v) is 11.2. The number of furan rings is 2. The van der Waals surface area contributed by atoms with Crippen LogP contribution in [0.1, 0.15) is 16.7 Å². The number of rotatable bonds is 4. The molecular formula is C51H35NO2. The van der Waals surface area contributed by atoms with Gasteiger partial charge in [-0.05, 0) is 133 Å². The van der Waals surface area contributed by atoms with Crippen molar-refractivity contribution in [2.45, 2.75) is 20.8 Å². The van der Waals surface area contributed by atoms with Crippen LogP contribution in [-0.4, -0.2) is 4.57 Å². The van der Waals surface area contributed by atoms with Crippen molar-refractivity contribution in [1.29, 1.82) is 0 Å². The Bertz CT molecular complexity index is 3280. The first-order chi connectivity index (χ1) is 26.5. The van der Waals surface area contributed by atoms with Gasteiger partial charge in [-0.15, -0.1) is 0 Å². The molecule has 0 aliphatic heterocycles. The minimum absolute atomic E-state index is 0.880. The maximum Gasteiger partial charge on any atom is 0.143 e. The van der Waals surface area contributed by atoms with Gasteiger partial charge in [0, 0.05) is 43.6 Å². The first-order valence-corrected chi connectivity index (χ1v) is 18.6. The highest BCUT2D eigenvalue weighted by Crippen LogP contribution is 2.44. The van der Waals surface area contributed by atoms with E-state index in [2.05, 4.69) is 171 Å². The van der Waals surface area contributed by atoms with Gasteiger partial charge in [-0.25, -0.2) is 0 Å². The first-order valence-electron chi connectivity index (χ1n) is 18.6. The highest BCUT2D eigenvalue weighted by molar-refractivity contribution is 6.14. The maximum atomic E-state index is 6.84. The third-order valence-electron chi connectivity index (χ3n) is 11.2. The predicted octanol–water partition coefficient (Wildman–Crippen LogP) is 14.5. The van der Waals surface area contributed by atoms with Gasteiger partial charge in [0.25, 0.3) is 0 Å². The van der Waals surface area contributed by atoms with Gasteiger partial charge in [-0.1, -0.05) is 90.5 Å². The highest BCUT2D eigenvalue weighted by atomic mass is 16.3. The molecule has 0 unspecified atom stereocenters. The second-order valence-electron chi connectivity index (χ2n) is 14.7. The van der Waals surface area contributed by atoms with Crippen molar-refractivity contribution in [2.75, 3.05) is 0 Å². The standard InChI is InChI=1S/C51H35NO2/c1-30-23-31(2)50(32(3)24-30)44-29-36(35-17-20-46-40(25-35)38-13-7-9-15-45(38)52(46)37-11-5-4-6-12-37)28-43-42-27-34(19-22-49(42)54-51(43)44)33-18-21-48-41(26-33)39-14-8-10-16-47(39)53-48/h4-29H,1-3H3. The number of para-hydroxylation sites is 3. The van der Waals surface area contributed by atoms with E-state index in [1.165, 1.54) is 49.6 Å². The fourth-order valence-corrected chi connectivity index (χ4v) is 8.93. The number of fused-ring (bicyclic) bond motifs is 9. The molecule has 0 aliphatic carbocycles. The van der Waals surface area contributed by atoms with Gasteiger partial charge in [0.1, 0.15) is 22.3 Å². The molecule has 3 aromatic heterocycles. The molecule has 0 fully saturated rings. The van der Waals surface area contributed by atoms with E-state index in [4.69, 9.17) is 8.83 Å². The molecule has 256 valence electrons. The first kappa shape index (κ1) is 30.8. The van der Waals surface area contributed by atoms with Crippen LogP contribution in [0.3, 0.4) is 0 Å². The monoisotopic (exact) mass is 693 g/mol. The molecule has 0 amide bonds. The van der Waals surface area contributed by atoms with E-state index < -0.39 is 0 Å². The van der Waals surface area contributed by atoms with Crippen LogP contribution in [0.25, 0.3) is 105 Å². The molecule has 8 aromatic carbocycles. The Morgan fingerprint density at radius 1 is 0.389 bits per heavy atom. The Balaban J connectivity index is 1.16. The molecule has 0 radical (unpaired) electrons. The van der Waals surface area contributed by atoms with E-state index >= 15 is 0 Å². The molecule has 3 heterocycles. The lowest BCUT2D eigenvalue weighted by Gasteiger charge is -2.14. The Hall–Kier alpha value is -6.84. The van der Waals surface area contributed by atoms with Crippen molar-refractivity contribution < 1.29 is 8.83 Å². The van der Waals surface area contributed by atoms with Crippen LogP contribution in [0.5, 0.6) is 0 Å². The molecule has 0 saturated heterocycles. The van der Waals surface area contributed by atoms with Gasteiger partial charge >= 0.3 is 0 Å². The van der Waals surface area contributed by atoms with Crippen molar-refractivity contribution >= 4 is 65.7 Å². The number of nitrogens with zero attached hydrogens (tertiary/aromatic N) is 1. The maximum absolute atomic E-state index is 6.84. The minimum atomic E-state index is 0.880. The number of benzene rings is 8. The second kappa shape index (κ2) is 11.6. The van der Waals surface area contributed by atoms with Crippen LogP contribution in [0.4, 0.5) is 0 Å². The van der Waals surface area contributed by atoms with Crippen LogP contribution < -0.4 is 0 Å². The lowest BCUT2D eigenvalue weighted by molar-refractivity contribution is 0.669. The second-order valence-corrected chi connectivity index (χ2v) is 14.7. The molecule has 0 atom stereocenters. The van der Waals surface area contributed by atoms with Gasteiger partial charge in [0.2, 0.25) is 0 Å². The Kier molecular flexibility index (Phi) is 6.60. The zero-order valence-corrected chi connectivity index (χ0v) is 30.3. The van der Waals surface area contributed by atoms with Crippen LogP contribution in [0.2, 0.25) is 0 Å². The van der Waals surface area contributed by atoms with E-state index in [0.29, 0.717) is 0 Å².